The van der Waals surface area contributed by atoms with Crippen molar-refractivity contribution in [2.45, 2.75) is 51.4 Å². The molecule has 1 saturated heterocycles. The largest absolute Gasteiger partial charge is 0.462 e. The van der Waals surface area contributed by atoms with E-state index in [4.69, 9.17) is 4.74 Å². The lowest BCUT2D eigenvalue weighted by atomic mass is 10.0. The molecule has 2 heterocycles. The number of hydrogen-bond acceptors (Lipinski definition) is 4. The number of likely N-dealkylation sites (tertiary alicyclic amines) is 1. The van der Waals surface area contributed by atoms with Gasteiger partial charge in [-0.05, 0) is 56.4 Å². The Bertz CT molecular complexity index is 1240. The minimum Gasteiger partial charge on any atom is -0.462 e. The summed E-state index contributed by atoms with van der Waals surface area (Å²) >= 11 is 0. The number of rotatable bonds is 6. The van der Waals surface area contributed by atoms with E-state index in [0.29, 0.717) is 36.4 Å². The number of carbonyl (C=O) groups excluding carboxylic acids is 2. The zero-order chi connectivity index (χ0) is 24.4. The Kier molecular flexibility index (Phi) is 6.66. The van der Waals surface area contributed by atoms with Crippen LogP contribution in [0.5, 0.6) is 0 Å². The van der Waals surface area contributed by atoms with Gasteiger partial charge in [-0.25, -0.2) is 13.9 Å². The molecule has 35 heavy (non-hydrogen) atoms. The molecule has 182 valence electrons. The van der Waals surface area contributed by atoms with E-state index in [1.807, 2.05) is 24.3 Å². The van der Waals surface area contributed by atoms with Gasteiger partial charge >= 0.3 is 5.97 Å². The standard InChI is InChI=1S/C28H30FN3O3/c1-2-35-28(34)24-18-30-32(26(24)19-13-14-19)21-10-7-9-20(17-21)22-11-8-12-23(25(22)29)27(33)31-15-5-3-4-6-16-31/h7-12,17-19H,2-6,13-16H2,1H3. The molecule has 0 bridgehead atoms. The second-order valence-corrected chi connectivity index (χ2v) is 9.27. The first-order chi connectivity index (χ1) is 17.1. The quantitative estimate of drug-likeness (QED) is 0.426. The molecular weight excluding hydrogens is 445 g/mol. The Labute approximate surface area is 204 Å². The summed E-state index contributed by atoms with van der Waals surface area (Å²) < 4.78 is 22.7. The number of esters is 1. The second kappa shape index (κ2) is 10.0. The Morgan fingerprint density at radius 2 is 1.77 bits per heavy atom. The van der Waals surface area contributed by atoms with Gasteiger partial charge in [0, 0.05) is 24.6 Å². The van der Waals surface area contributed by atoms with Crippen LogP contribution in [-0.4, -0.2) is 46.3 Å². The van der Waals surface area contributed by atoms with Crippen molar-refractivity contribution in [2.24, 2.45) is 0 Å². The highest BCUT2D eigenvalue weighted by atomic mass is 19.1. The first kappa shape index (κ1) is 23.3. The van der Waals surface area contributed by atoms with Gasteiger partial charge in [-0.15, -0.1) is 0 Å². The van der Waals surface area contributed by atoms with E-state index in [1.165, 1.54) is 0 Å². The van der Waals surface area contributed by atoms with E-state index in [-0.39, 0.29) is 23.4 Å². The van der Waals surface area contributed by atoms with Crippen molar-refractivity contribution in [1.82, 2.24) is 14.7 Å². The third-order valence-corrected chi connectivity index (χ3v) is 6.79. The number of halogens is 1. The molecule has 5 rings (SSSR count). The van der Waals surface area contributed by atoms with E-state index in [9.17, 15) is 9.59 Å². The summed E-state index contributed by atoms with van der Waals surface area (Å²) in [4.78, 5) is 27.4. The summed E-state index contributed by atoms with van der Waals surface area (Å²) in [5, 5.41) is 4.49. The summed E-state index contributed by atoms with van der Waals surface area (Å²) in [7, 11) is 0. The number of ether oxygens (including phenoxy) is 1. The molecule has 0 atom stereocenters. The first-order valence-corrected chi connectivity index (χ1v) is 12.5. The van der Waals surface area contributed by atoms with Crippen LogP contribution in [0.3, 0.4) is 0 Å². The molecule has 1 aliphatic heterocycles. The number of aromatic nitrogens is 2. The van der Waals surface area contributed by atoms with Gasteiger partial charge in [0.25, 0.3) is 5.91 Å². The molecule has 6 nitrogen and oxygen atoms in total. The van der Waals surface area contributed by atoms with Crippen LogP contribution in [0, 0.1) is 5.82 Å². The highest BCUT2D eigenvalue weighted by molar-refractivity contribution is 5.96. The Balaban J connectivity index is 1.49. The third kappa shape index (κ3) is 4.72. The molecule has 2 fully saturated rings. The van der Waals surface area contributed by atoms with Gasteiger partial charge in [-0.3, -0.25) is 4.79 Å². The van der Waals surface area contributed by atoms with Gasteiger partial charge in [-0.2, -0.15) is 5.10 Å². The number of hydrogen-bond donors (Lipinski definition) is 0. The molecule has 0 N–H and O–H groups in total. The van der Waals surface area contributed by atoms with Crippen LogP contribution in [0.25, 0.3) is 16.8 Å². The van der Waals surface area contributed by atoms with Crippen LogP contribution in [0.15, 0.2) is 48.7 Å². The van der Waals surface area contributed by atoms with Crippen molar-refractivity contribution >= 4 is 11.9 Å². The summed E-state index contributed by atoms with van der Waals surface area (Å²) in [6.45, 7) is 3.42. The Morgan fingerprint density at radius 1 is 1.03 bits per heavy atom. The van der Waals surface area contributed by atoms with E-state index in [1.54, 1.807) is 40.9 Å². The number of benzene rings is 2. The monoisotopic (exact) mass is 475 g/mol. The lowest BCUT2D eigenvalue weighted by Crippen LogP contribution is -2.32. The van der Waals surface area contributed by atoms with Crippen molar-refractivity contribution in [3.05, 3.63) is 71.3 Å². The normalized spacial score (nSPS) is 16.1. The maximum atomic E-state index is 15.7. The Morgan fingerprint density at radius 3 is 2.49 bits per heavy atom. The van der Waals surface area contributed by atoms with Crippen molar-refractivity contribution in [2.75, 3.05) is 19.7 Å². The highest BCUT2D eigenvalue weighted by Gasteiger charge is 2.33. The Hall–Kier alpha value is -3.48. The molecular formula is C28H30FN3O3. The van der Waals surface area contributed by atoms with E-state index in [0.717, 1.165) is 49.9 Å². The van der Waals surface area contributed by atoms with Crippen LogP contribution in [0.1, 0.15) is 77.8 Å². The zero-order valence-corrected chi connectivity index (χ0v) is 20.0. The first-order valence-electron chi connectivity index (χ1n) is 12.5. The molecule has 1 aromatic heterocycles. The zero-order valence-electron chi connectivity index (χ0n) is 20.0. The van der Waals surface area contributed by atoms with Gasteiger partial charge in [0.05, 0.1) is 29.7 Å². The lowest BCUT2D eigenvalue weighted by Gasteiger charge is -2.21. The second-order valence-electron chi connectivity index (χ2n) is 9.27. The maximum Gasteiger partial charge on any atom is 0.341 e. The van der Waals surface area contributed by atoms with Crippen molar-refractivity contribution in [3.8, 4) is 16.8 Å². The molecule has 0 spiro atoms. The summed E-state index contributed by atoms with van der Waals surface area (Å²) in [5.41, 5.74) is 3.20. The van der Waals surface area contributed by atoms with Gasteiger partial charge in [0.15, 0.2) is 0 Å². The van der Waals surface area contributed by atoms with Gasteiger partial charge < -0.3 is 9.64 Å². The average molecular weight is 476 g/mol. The van der Waals surface area contributed by atoms with Crippen LogP contribution >= 0.6 is 0 Å². The fourth-order valence-electron chi connectivity index (χ4n) is 4.85. The molecule has 0 radical (unpaired) electrons. The van der Waals surface area contributed by atoms with Crippen LogP contribution in [0.2, 0.25) is 0 Å². The highest BCUT2D eigenvalue weighted by Crippen LogP contribution is 2.43. The fourth-order valence-corrected chi connectivity index (χ4v) is 4.85. The summed E-state index contributed by atoms with van der Waals surface area (Å²) in [6.07, 6.45) is 7.66. The van der Waals surface area contributed by atoms with Gasteiger partial charge in [-0.1, -0.05) is 37.1 Å². The van der Waals surface area contributed by atoms with Crippen molar-refractivity contribution in [3.63, 3.8) is 0 Å². The minimum atomic E-state index is -0.506. The molecule has 1 saturated carbocycles. The van der Waals surface area contributed by atoms with Crippen LogP contribution in [0.4, 0.5) is 4.39 Å². The van der Waals surface area contributed by atoms with Crippen LogP contribution in [-0.2, 0) is 4.74 Å². The van der Waals surface area contributed by atoms with E-state index in [2.05, 4.69) is 5.10 Å². The van der Waals surface area contributed by atoms with Gasteiger partial charge in [0.2, 0.25) is 0 Å². The van der Waals surface area contributed by atoms with Gasteiger partial charge in [0.1, 0.15) is 11.4 Å². The van der Waals surface area contributed by atoms with E-state index < -0.39 is 5.82 Å². The fraction of sp³-hybridized carbons (Fsp3) is 0.393. The van der Waals surface area contributed by atoms with Crippen molar-refractivity contribution < 1.29 is 18.7 Å². The number of nitrogens with zero attached hydrogens (tertiary/aromatic N) is 3. The molecule has 3 aromatic rings. The molecule has 2 aromatic carbocycles. The molecule has 0 unspecified atom stereocenters. The van der Waals surface area contributed by atoms with Crippen LogP contribution < -0.4 is 0 Å². The summed E-state index contributed by atoms with van der Waals surface area (Å²) in [6, 6.07) is 12.4. The lowest BCUT2D eigenvalue weighted by molar-refractivity contribution is 0.0524. The predicted octanol–water partition coefficient (Wildman–Crippen LogP) is 5.75. The number of carbonyl (C=O) groups is 2. The maximum absolute atomic E-state index is 15.7. The third-order valence-electron chi connectivity index (χ3n) is 6.79. The SMILES string of the molecule is CCOC(=O)c1cnn(-c2cccc(-c3cccc(C(=O)N4CCCCCC4)c3F)c2)c1C1CC1. The predicted molar refractivity (Wildman–Crippen MR) is 131 cm³/mol. The topological polar surface area (TPSA) is 64.4 Å². The molecule has 1 aliphatic carbocycles. The molecule has 7 heteroatoms. The minimum absolute atomic E-state index is 0.108. The molecule has 1 amide bonds. The smallest absolute Gasteiger partial charge is 0.341 e. The van der Waals surface area contributed by atoms with Crippen molar-refractivity contribution in [1.29, 1.82) is 0 Å². The summed E-state index contributed by atoms with van der Waals surface area (Å²) in [5.74, 6) is -0.868. The average Bonchev–Trinajstić information content (AvgIpc) is 3.67. The molecule has 2 aliphatic rings. The number of amides is 1. The van der Waals surface area contributed by atoms with E-state index >= 15 is 4.39 Å².